The highest BCUT2D eigenvalue weighted by Gasteiger charge is 2.39. The summed E-state index contributed by atoms with van der Waals surface area (Å²) in [5.74, 6) is 0.582. The minimum atomic E-state index is -4.57. The molecule has 0 spiro atoms. The number of anilines is 2. The highest BCUT2D eigenvalue weighted by Crippen LogP contribution is 2.36. The van der Waals surface area contributed by atoms with Crippen molar-refractivity contribution in [1.82, 2.24) is 9.71 Å². The number of fused-ring (bicyclic) bond motifs is 1. The number of carbonyl (C=O) groups is 2. The summed E-state index contributed by atoms with van der Waals surface area (Å²) in [4.78, 5) is 31.4. The molecule has 34 heavy (non-hydrogen) atoms. The lowest BCUT2D eigenvalue weighted by molar-refractivity contribution is -0.137. The summed E-state index contributed by atoms with van der Waals surface area (Å²) in [5, 5.41) is 9.79. The number of amides is 3. The number of urea groups is 1. The number of alkyl halides is 3. The average Bonchev–Trinajstić information content (AvgIpc) is 3.41. The average molecular weight is 468 g/mol. The fourth-order valence-electron chi connectivity index (χ4n) is 3.69. The smallest absolute Gasteiger partial charge is 0.416 e. The molecule has 2 aromatic carbocycles. The van der Waals surface area contributed by atoms with Gasteiger partial charge in [0.15, 0.2) is 5.82 Å². The van der Waals surface area contributed by atoms with Gasteiger partial charge in [-0.3, -0.25) is 9.69 Å². The molecule has 172 valence electrons. The first-order valence-corrected chi connectivity index (χ1v) is 9.97. The molecule has 0 atom stereocenters. The van der Waals surface area contributed by atoms with Crippen LogP contribution in [0.15, 0.2) is 73.1 Å². The van der Waals surface area contributed by atoms with Gasteiger partial charge in [0.1, 0.15) is 18.0 Å². The summed E-state index contributed by atoms with van der Waals surface area (Å²) in [6, 6.07) is 12.8. The van der Waals surface area contributed by atoms with Crippen molar-refractivity contribution >= 4 is 23.3 Å². The Morgan fingerprint density at radius 3 is 2.47 bits per heavy atom. The first-order valence-electron chi connectivity index (χ1n) is 9.97. The highest BCUT2D eigenvalue weighted by molar-refractivity contribution is 6.26. The lowest BCUT2D eigenvalue weighted by Gasteiger charge is -2.18. The van der Waals surface area contributed by atoms with Gasteiger partial charge in [-0.05, 0) is 48.5 Å². The van der Waals surface area contributed by atoms with Crippen LogP contribution in [0.25, 0.3) is 11.4 Å². The van der Waals surface area contributed by atoms with Crippen molar-refractivity contribution in [2.45, 2.75) is 6.18 Å². The Labute approximate surface area is 190 Å². The summed E-state index contributed by atoms with van der Waals surface area (Å²) in [7, 11) is 0. The van der Waals surface area contributed by atoms with Crippen LogP contribution in [0.1, 0.15) is 5.56 Å². The monoisotopic (exact) mass is 468 g/mol. The van der Waals surface area contributed by atoms with Crippen LogP contribution >= 0.6 is 0 Å². The van der Waals surface area contributed by atoms with Crippen molar-refractivity contribution in [3.8, 4) is 22.9 Å². The first-order chi connectivity index (χ1) is 16.2. The predicted octanol–water partition coefficient (Wildman–Crippen LogP) is 5.01. The van der Waals surface area contributed by atoms with Gasteiger partial charge in [0, 0.05) is 24.1 Å². The summed E-state index contributed by atoms with van der Waals surface area (Å²) in [6.45, 7) is -0.383. The highest BCUT2D eigenvalue weighted by atomic mass is 19.4. The number of imide groups is 1. The number of rotatable bonds is 4. The minimum absolute atomic E-state index is 0.0202. The van der Waals surface area contributed by atoms with Crippen molar-refractivity contribution in [3.05, 3.63) is 78.6 Å². The van der Waals surface area contributed by atoms with Gasteiger partial charge in [0.25, 0.3) is 5.91 Å². The third kappa shape index (κ3) is 3.66. The van der Waals surface area contributed by atoms with Crippen LogP contribution in [0.3, 0.4) is 0 Å². The molecule has 3 aliphatic heterocycles. The van der Waals surface area contributed by atoms with E-state index in [4.69, 9.17) is 4.74 Å². The molecule has 0 aromatic heterocycles. The SMILES string of the molecule is O=C1CN(c2cccc(C(F)(F)F)c2)C(=O)N1c1ccc(Oc2ccn(O)c3nccc2-3)cc1. The molecular formula is C23H15F3N4O4. The maximum absolute atomic E-state index is 13.0. The maximum Gasteiger partial charge on any atom is 0.416 e. The quantitative estimate of drug-likeness (QED) is 0.336. The fraction of sp³-hybridized carbons (Fsp3) is 0.0870. The molecule has 0 saturated carbocycles. The standard InChI is InChI=1S/C23H15F3N4O4/c24-23(25,26)14-2-1-3-16(12-14)28-13-20(31)30(22(28)32)15-4-6-17(7-5-15)34-19-9-11-29(33)21-18(19)8-10-27-21/h1-12,33H,13H2. The molecule has 0 radical (unpaired) electrons. The van der Waals surface area contributed by atoms with E-state index in [-0.39, 0.29) is 17.9 Å². The zero-order valence-corrected chi connectivity index (χ0v) is 17.2. The second kappa shape index (κ2) is 7.80. The van der Waals surface area contributed by atoms with E-state index in [1.165, 1.54) is 36.7 Å². The van der Waals surface area contributed by atoms with E-state index in [0.717, 1.165) is 26.7 Å². The number of nitrogens with zero attached hydrogens (tertiary/aromatic N) is 4. The van der Waals surface area contributed by atoms with Crippen molar-refractivity contribution in [3.63, 3.8) is 0 Å². The van der Waals surface area contributed by atoms with E-state index in [2.05, 4.69) is 4.98 Å². The van der Waals surface area contributed by atoms with Gasteiger partial charge in [-0.25, -0.2) is 14.7 Å². The van der Waals surface area contributed by atoms with Crippen LogP contribution in [0.4, 0.5) is 29.3 Å². The van der Waals surface area contributed by atoms with Gasteiger partial charge in [-0.2, -0.15) is 17.9 Å². The zero-order chi connectivity index (χ0) is 24.0. The molecule has 2 aromatic rings. The van der Waals surface area contributed by atoms with Crippen molar-refractivity contribution in [2.24, 2.45) is 0 Å². The van der Waals surface area contributed by atoms with E-state index in [1.54, 1.807) is 24.3 Å². The number of halogens is 3. The van der Waals surface area contributed by atoms with E-state index >= 15 is 0 Å². The van der Waals surface area contributed by atoms with Crippen LogP contribution < -0.4 is 14.5 Å². The predicted molar refractivity (Wildman–Crippen MR) is 114 cm³/mol. The van der Waals surface area contributed by atoms with Gasteiger partial charge < -0.3 is 9.94 Å². The second-order valence-corrected chi connectivity index (χ2v) is 7.45. The zero-order valence-electron chi connectivity index (χ0n) is 17.2. The van der Waals surface area contributed by atoms with Gasteiger partial charge in [0.05, 0.1) is 16.8 Å². The Kier molecular flexibility index (Phi) is 4.89. The fourth-order valence-corrected chi connectivity index (χ4v) is 3.69. The molecule has 8 nitrogen and oxygen atoms in total. The van der Waals surface area contributed by atoms with E-state index in [9.17, 15) is 28.0 Å². The Morgan fingerprint density at radius 2 is 1.74 bits per heavy atom. The summed E-state index contributed by atoms with van der Waals surface area (Å²) < 4.78 is 45.8. The van der Waals surface area contributed by atoms with Crippen LogP contribution in [0.2, 0.25) is 0 Å². The van der Waals surface area contributed by atoms with E-state index in [1.807, 2.05) is 0 Å². The number of carbonyl (C=O) groups excluding carboxylic acids is 2. The lowest BCUT2D eigenvalue weighted by Crippen LogP contribution is -2.33. The number of hydrogen-bond donors (Lipinski definition) is 1. The first kappa shape index (κ1) is 21.3. The molecule has 0 aliphatic carbocycles. The van der Waals surface area contributed by atoms with Gasteiger partial charge in [-0.15, -0.1) is 0 Å². The van der Waals surface area contributed by atoms with Crippen LogP contribution in [0.5, 0.6) is 11.5 Å². The molecule has 3 amide bonds. The molecule has 0 bridgehead atoms. The molecule has 0 unspecified atom stereocenters. The van der Waals surface area contributed by atoms with Gasteiger partial charge in [-0.1, -0.05) is 6.07 Å². The molecular weight excluding hydrogens is 453 g/mol. The summed E-state index contributed by atoms with van der Waals surface area (Å²) in [5.41, 5.74) is -0.103. The molecule has 3 heterocycles. The van der Waals surface area contributed by atoms with E-state index in [0.29, 0.717) is 22.9 Å². The second-order valence-electron chi connectivity index (χ2n) is 7.45. The van der Waals surface area contributed by atoms with Crippen molar-refractivity contribution in [2.75, 3.05) is 16.3 Å². The number of hydrogen-bond acceptors (Lipinski definition) is 5. The molecule has 1 fully saturated rings. The molecule has 11 heteroatoms. The largest absolute Gasteiger partial charge is 0.457 e. The van der Waals surface area contributed by atoms with Crippen molar-refractivity contribution in [1.29, 1.82) is 0 Å². The minimum Gasteiger partial charge on any atom is -0.457 e. The normalized spacial score (nSPS) is 14.3. The number of benzene rings is 2. The number of aromatic nitrogens is 2. The lowest BCUT2D eigenvalue weighted by atomic mass is 10.2. The Bertz CT molecular complexity index is 1370. The summed E-state index contributed by atoms with van der Waals surface area (Å²) >= 11 is 0. The summed E-state index contributed by atoms with van der Waals surface area (Å²) in [6.07, 6.45) is -1.67. The molecule has 1 saturated heterocycles. The van der Waals surface area contributed by atoms with Crippen molar-refractivity contribution < 1.29 is 32.7 Å². The van der Waals surface area contributed by atoms with Gasteiger partial charge in [0.2, 0.25) is 0 Å². The Morgan fingerprint density at radius 1 is 0.971 bits per heavy atom. The maximum atomic E-state index is 13.0. The van der Waals surface area contributed by atoms with Crippen LogP contribution in [-0.4, -0.2) is 33.4 Å². The van der Waals surface area contributed by atoms with Crippen LogP contribution in [-0.2, 0) is 11.0 Å². The Balaban J connectivity index is 1.36. The Hall–Kier alpha value is -4.54. The molecule has 5 rings (SSSR count). The third-order valence-electron chi connectivity index (χ3n) is 5.30. The van der Waals surface area contributed by atoms with Crippen LogP contribution in [0, 0.1) is 0 Å². The number of ether oxygens (including phenoxy) is 1. The number of pyridine rings is 1. The van der Waals surface area contributed by atoms with Gasteiger partial charge >= 0.3 is 12.2 Å². The van der Waals surface area contributed by atoms with E-state index < -0.39 is 23.7 Å². The topological polar surface area (TPSA) is 87.9 Å². The molecule has 3 aliphatic rings. The third-order valence-corrected chi connectivity index (χ3v) is 5.30. The molecule has 1 N–H and O–H groups in total.